The van der Waals surface area contributed by atoms with Gasteiger partial charge in [-0.15, -0.1) is 6.58 Å². The van der Waals surface area contributed by atoms with E-state index in [1.807, 2.05) is 6.08 Å². The molecule has 0 heterocycles. The van der Waals surface area contributed by atoms with Crippen LogP contribution in [0.5, 0.6) is 0 Å². The Morgan fingerprint density at radius 1 is 1.00 bits per heavy atom. The molecule has 0 atom stereocenters. The largest absolute Gasteiger partial charge is 0.481 e. The Hall–Kier alpha value is -0.790. The summed E-state index contributed by atoms with van der Waals surface area (Å²) < 4.78 is 0. The Kier molecular flexibility index (Phi) is 6.12. The Morgan fingerprint density at radius 2 is 1.55 bits per heavy atom. The first-order valence-electron chi connectivity index (χ1n) is 8.54. The normalized spacial score (nSPS) is 34.6. The van der Waals surface area contributed by atoms with E-state index in [4.69, 9.17) is 5.11 Å². The van der Waals surface area contributed by atoms with Gasteiger partial charge in [0, 0.05) is 0 Å². The summed E-state index contributed by atoms with van der Waals surface area (Å²) in [7, 11) is 0. The molecule has 2 nitrogen and oxygen atoms in total. The van der Waals surface area contributed by atoms with Crippen molar-refractivity contribution in [3.05, 3.63) is 12.7 Å². The maximum atomic E-state index is 11.0. The van der Waals surface area contributed by atoms with E-state index < -0.39 is 5.97 Å². The molecule has 114 valence electrons. The van der Waals surface area contributed by atoms with E-state index in [1.165, 1.54) is 44.9 Å². The average molecular weight is 278 g/mol. The number of carboxylic acid groups (broad SMARTS) is 1. The number of rotatable bonds is 6. The van der Waals surface area contributed by atoms with Crippen molar-refractivity contribution in [3.8, 4) is 0 Å². The average Bonchev–Trinajstić information content (AvgIpc) is 2.48. The van der Waals surface area contributed by atoms with Gasteiger partial charge in [-0.2, -0.15) is 0 Å². The molecule has 0 aromatic heterocycles. The summed E-state index contributed by atoms with van der Waals surface area (Å²) in [4.78, 5) is 11.0. The minimum absolute atomic E-state index is 0.0542. The molecule has 2 aliphatic carbocycles. The van der Waals surface area contributed by atoms with Crippen molar-refractivity contribution in [1.82, 2.24) is 0 Å². The Labute approximate surface area is 123 Å². The summed E-state index contributed by atoms with van der Waals surface area (Å²) in [6, 6.07) is 0. The third-order valence-corrected chi connectivity index (χ3v) is 5.70. The lowest BCUT2D eigenvalue weighted by atomic mass is 9.68. The molecular weight excluding hydrogens is 248 g/mol. The zero-order chi connectivity index (χ0) is 14.4. The molecule has 0 bridgehead atoms. The van der Waals surface area contributed by atoms with Gasteiger partial charge in [0.15, 0.2) is 0 Å². The van der Waals surface area contributed by atoms with E-state index in [0.29, 0.717) is 0 Å². The minimum atomic E-state index is -0.575. The topological polar surface area (TPSA) is 37.3 Å². The lowest BCUT2D eigenvalue weighted by molar-refractivity contribution is -0.143. The fraction of sp³-hybridized carbons (Fsp3) is 0.833. The molecule has 0 spiro atoms. The zero-order valence-corrected chi connectivity index (χ0v) is 12.7. The number of hydrogen-bond donors (Lipinski definition) is 1. The monoisotopic (exact) mass is 278 g/mol. The second kappa shape index (κ2) is 7.85. The smallest absolute Gasteiger partial charge is 0.306 e. The van der Waals surface area contributed by atoms with Gasteiger partial charge in [0.2, 0.25) is 0 Å². The molecular formula is C18H30O2. The van der Waals surface area contributed by atoms with Crippen molar-refractivity contribution >= 4 is 5.97 Å². The first-order chi connectivity index (χ1) is 9.70. The lowest BCUT2D eigenvalue weighted by Gasteiger charge is -2.37. The van der Waals surface area contributed by atoms with Crippen molar-refractivity contribution in [2.45, 2.75) is 70.6 Å². The van der Waals surface area contributed by atoms with Crippen molar-refractivity contribution < 1.29 is 9.90 Å². The summed E-state index contributed by atoms with van der Waals surface area (Å²) in [5, 5.41) is 9.07. The van der Waals surface area contributed by atoms with Gasteiger partial charge in [-0.25, -0.2) is 0 Å². The highest BCUT2D eigenvalue weighted by Gasteiger charge is 2.32. The first kappa shape index (κ1) is 15.6. The Bertz CT molecular complexity index is 307. The fourth-order valence-electron chi connectivity index (χ4n) is 4.34. The van der Waals surface area contributed by atoms with E-state index in [2.05, 4.69) is 6.58 Å². The number of aliphatic carboxylic acids is 1. The van der Waals surface area contributed by atoms with Crippen molar-refractivity contribution in [2.24, 2.45) is 23.7 Å². The van der Waals surface area contributed by atoms with Crippen LogP contribution in [0.15, 0.2) is 12.7 Å². The van der Waals surface area contributed by atoms with Gasteiger partial charge >= 0.3 is 5.97 Å². The van der Waals surface area contributed by atoms with Gasteiger partial charge in [0.1, 0.15) is 0 Å². The SMILES string of the molecule is C=CCCC[C@H]1CC[C@H]([C@H]2CC[C@H](C(=O)O)CC2)CC1. The van der Waals surface area contributed by atoms with Crippen LogP contribution >= 0.6 is 0 Å². The van der Waals surface area contributed by atoms with Gasteiger partial charge in [0.05, 0.1) is 5.92 Å². The van der Waals surface area contributed by atoms with Crippen LogP contribution in [0, 0.1) is 23.7 Å². The molecule has 2 heteroatoms. The van der Waals surface area contributed by atoms with Crippen LogP contribution in [0.3, 0.4) is 0 Å². The van der Waals surface area contributed by atoms with Crippen molar-refractivity contribution in [1.29, 1.82) is 0 Å². The number of unbranched alkanes of at least 4 members (excludes halogenated alkanes) is 1. The summed E-state index contributed by atoms with van der Waals surface area (Å²) >= 11 is 0. The zero-order valence-electron chi connectivity index (χ0n) is 12.7. The van der Waals surface area contributed by atoms with E-state index in [0.717, 1.165) is 43.4 Å². The highest BCUT2D eigenvalue weighted by Crippen LogP contribution is 2.42. The van der Waals surface area contributed by atoms with Crippen molar-refractivity contribution in [3.63, 3.8) is 0 Å². The summed E-state index contributed by atoms with van der Waals surface area (Å²) in [6.45, 7) is 3.79. The third kappa shape index (κ3) is 4.36. The Morgan fingerprint density at radius 3 is 2.05 bits per heavy atom. The molecule has 0 unspecified atom stereocenters. The van der Waals surface area contributed by atoms with E-state index in [1.54, 1.807) is 0 Å². The van der Waals surface area contributed by atoms with Crippen LogP contribution < -0.4 is 0 Å². The number of carboxylic acids is 1. The van der Waals surface area contributed by atoms with Crippen LogP contribution in [0.1, 0.15) is 70.6 Å². The molecule has 1 N–H and O–H groups in total. The van der Waals surface area contributed by atoms with E-state index in [-0.39, 0.29) is 5.92 Å². The van der Waals surface area contributed by atoms with E-state index >= 15 is 0 Å². The molecule has 20 heavy (non-hydrogen) atoms. The molecule has 0 aliphatic heterocycles. The quantitative estimate of drug-likeness (QED) is 0.546. The van der Waals surface area contributed by atoms with Gasteiger partial charge in [0.25, 0.3) is 0 Å². The molecule has 2 rings (SSSR count). The van der Waals surface area contributed by atoms with Crippen molar-refractivity contribution in [2.75, 3.05) is 0 Å². The van der Waals surface area contributed by atoms with E-state index in [9.17, 15) is 4.79 Å². The maximum Gasteiger partial charge on any atom is 0.306 e. The van der Waals surface area contributed by atoms with Gasteiger partial charge in [-0.05, 0) is 69.1 Å². The summed E-state index contributed by atoms with van der Waals surface area (Å²) in [6.07, 6.45) is 15.6. The minimum Gasteiger partial charge on any atom is -0.481 e. The predicted octanol–water partition coefficient (Wildman–Crippen LogP) is 5.04. The fourth-order valence-corrected chi connectivity index (χ4v) is 4.34. The first-order valence-corrected chi connectivity index (χ1v) is 8.54. The van der Waals surface area contributed by atoms with Crippen LogP contribution in [-0.2, 0) is 4.79 Å². The second-order valence-corrected chi connectivity index (χ2v) is 6.95. The van der Waals surface area contributed by atoms with Crippen LogP contribution in [-0.4, -0.2) is 11.1 Å². The molecule has 0 amide bonds. The molecule has 2 aliphatic rings. The van der Waals surface area contributed by atoms with Gasteiger partial charge in [-0.1, -0.05) is 25.3 Å². The molecule has 2 fully saturated rings. The molecule has 0 aromatic carbocycles. The van der Waals surface area contributed by atoms with Crippen LogP contribution in [0.25, 0.3) is 0 Å². The Balaban J connectivity index is 1.67. The summed E-state index contributed by atoms with van der Waals surface area (Å²) in [5.74, 6) is 2.03. The maximum absolute atomic E-state index is 11.0. The molecule has 0 saturated heterocycles. The highest BCUT2D eigenvalue weighted by molar-refractivity contribution is 5.69. The highest BCUT2D eigenvalue weighted by atomic mass is 16.4. The molecule has 2 saturated carbocycles. The number of hydrogen-bond acceptors (Lipinski definition) is 1. The van der Waals surface area contributed by atoms with Crippen LogP contribution in [0.2, 0.25) is 0 Å². The third-order valence-electron chi connectivity index (χ3n) is 5.70. The van der Waals surface area contributed by atoms with Gasteiger partial charge in [-0.3, -0.25) is 4.79 Å². The summed E-state index contributed by atoms with van der Waals surface area (Å²) in [5.41, 5.74) is 0. The lowest BCUT2D eigenvalue weighted by Crippen LogP contribution is -2.28. The molecule has 0 radical (unpaired) electrons. The second-order valence-electron chi connectivity index (χ2n) is 6.95. The van der Waals surface area contributed by atoms with Gasteiger partial charge < -0.3 is 5.11 Å². The number of carbonyl (C=O) groups is 1. The number of allylic oxidation sites excluding steroid dienone is 1. The predicted molar refractivity (Wildman–Crippen MR) is 82.6 cm³/mol. The van der Waals surface area contributed by atoms with Crippen LogP contribution in [0.4, 0.5) is 0 Å². The molecule has 0 aromatic rings. The standard InChI is InChI=1S/C18H30O2/c1-2-3-4-5-14-6-8-15(9-7-14)16-10-12-17(13-11-16)18(19)20/h2,14-17H,1,3-13H2,(H,19,20)/t14-,15-,16-,17-.